The van der Waals surface area contributed by atoms with Gasteiger partial charge in [0.05, 0.1) is 19.9 Å². The fourth-order valence-corrected chi connectivity index (χ4v) is 2.40. The van der Waals surface area contributed by atoms with E-state index >= 15 is 0 Å². The van der Waals surface area contributed by atoms with E-state index in [9.17, 15) is 0 Å². The quantitative estimate of drug-likeness (QED) is 0.902. The molecule has 0 atom stereocenters. The number of hydrogen-bond acceptors (Lipinski definition) is 7. The molecule has 0 radical (unpaired) electrons. The van der Waals surface area contributed by atoms with Crippen LogP contribution in [0.4, 0.5) is 5.95 Å². The summed E-state index contributed by atoms with van der Waals surface area (Å²) in [6.07, 6.45) is 3.50. The van der Waals surface area contributed by atoms with Gasteiger partial charge in [-0.3, -0.25) is 0 Å². The van der Waals surface area contributed by atoms with E-state index < -0.39 is 0 Å². The van der Waals surface area contributed by atoms with Crippen LogP contribution < -0.4 is 19.7 Å². The van der Waals surface area contributed by atoms with E-state index in [2.05, 4.69) is 25.2 Å². The molecule has 3 rings (SSSR count). The van der Waals surface area contributed by atoms with E-state index in [1.807, 2.05) is 12.1 Å². The second-order valence-corrected chi connectivity index (χ2v) is 4.91. The molecule has 1 aliphatic rings. The molecular formula is C15H19N5O2. The number of aromatic nitrogens is 3. The van der Waals surface area contributed by atoms with Crippen molar-refractivity contribution in [1.29, 1.82) is 0 Å². The minimum Gasteiger partial charge on any atom is -0.491 e. The maximum Gasteiger partial charge on any atom is 0.256 e. The first-order valence-corrected chi connectivity index (χ1v) is 7.19. The second kappa shape index (κ2) is 6.57. The normalized spacial score (nSPS) is 14.7. The Bertz CT molecular complexity index is 644. The lowest BCUT2D eigenvalue weighted by atomic mass is 10.2. The molecule has 7 nitrogen and oxygen atoms in total. The average Bonchev–Trinajstić information content (AvgIpc) is 2.62. The highest BCUT2D eigenvalue weighted by Crippen LogP contribution is 2.29. The summed E-state index contributed by atoms with van der Waals surface area (Å²) in [7, 11) is 3.16. The van der Waals surface area contributed by atoms with Crippen molar-refractivity contribution in [2.45, 2.75) is 0 Å². The first-order chi connectivity index (χ1) is 10.8. The molecule has 0 unspecified atom stereocenters. The molecule has 0 amide bonds. The lowest BCUT2D eigenvalue weighted by Gasteiger charge is -2.27. The molecule has 0 aromatic carbocycles. The zero-order chi connectivity index (χ0) is 15.4. The third kappa shape index (κ3) is 2.94. The smallest absolute Gasteiger partial charge is 0.256 e. The van der Waals surface area contributed by atoms with Gasteiger partial charge in [-0.1, -0.05) is 0 Å². The van der Waals surface area contributed by atoms with Crippen molar-refractivity contribution in [1.82, 2.24) is 20.3 Å². The molecule has 0 saturated carbocycles. The van der Waals surface area contributed by atoms with Crippen LogP contribution >= 0.6 is 0 Å². The number of ether oxygens (including phenoxy) is 2. The number of piperazine rings is 1. The zero-order valence-electron chi connectivity index (χ0n) is 12.7. The monoisotopic (exact) mass is 301 g/mol. The summed E-state index contributed by atoms with van der Waals surface area (Å²) < 4.78 is 10.5. The highest BCUT2D eigenvalue weighted by molar-refractivity contribution is 5.62. The molecule has 2 aromatic heterocycles. The molecule has 0 bridgehead atoms. The minimum absolute atomic E-state index is 0.461. The molecule has 1 aliphatic heterocycles. The number of pyridine rings is 1. The maximum atomic E-state index is 5.30. The molecule has 1 saturated heterocycles. The van der Waals surface area contributed by atoms with Crippen molar-refractivity contribution >= 4 is 5.95 Å². The average molecular weight is 301 g/mol. The molecule has 7 heteroatoms. The van der Waals surface area contributed by atoms with Gasteiger partial charge in [-0.25, -0.2) is 15.0 Å². The van der Waals surface area contributed by atoms with Crippen molar-refractivity contribution in [3.63, 3.8) is 0 Å². The zero-order valence-corrected chi connectivity index (χ0v) is 12.7. The molecule has 1 fully saturated rings. The van der Waals surface area contributed by atoms with Crippen LogP contribution in [-0.4, -0.2) is 55.4 Å². The van der Waals surface area contributed by atoms with E-state index in [1.165, 1.54) is 0 Å². The number of anilines is 1. The SMILES string of the molecule is COc1cc(-c2ccnc(N3CCNCC3)n2)cnc1OC. The summed E-state index contributed by atoms with van der Waals surface area (Å²) in [5.74, 6) is 1.79. The van der Waals surface area contributed by atoms with Crippen LogP contribution in [0.3, 0.4) is 0 Å². The molecule has 3 heterocycles. The van der Waals surface area contributed by atoms with Crippen LogP contribution in [0.1, 0.15) is 0 Å². The Morgan fingerprint density at radius 3 is 2.68 bits per heavy atom. The van der Waals surface area contributed by atoms with Crippen LogP contribution in [0.15, 0.2) is 24.5 Å². The van der Waals surface area contributed by atoms with E-state index in [0.717, 1.165) is 43.4 Å². The van der Waals surface area contributed by atoms with Crippen molar-refractivity contribution < 1.29 is 9.47 Å². The van der Waals surface area contributed by atoms with Crippen LogP contribution in [0, 0.1) is 0 Å². The predicted octanol–water partition coefficient (Wildman–Crippen LogP) is 0.965. The Labute approximate surface area is 129 Å². The molecular weight excluding hydrogens is 282 g/mol. The van der Waals surface area contributed by atoms with Gasteiger partial charge in [-0.15, -0.1) is 0 Å². The Kier molecular flexibility index (Phi) is 4.34. The lowest BCUT2D eigenvalue weighted by molar-refractivity contribution is 0.343. The molecule has 116 valence electrons. The first kappa shape index (κ1) is 14.5. The Balaban J connectivity index is 1.91. The summed E-state index contributed by atoms with van der Waals surface area (Å²) in [6.45, 7) is 3.72. The van der Waals surface area contributed by atoms with Gasteiger partial charge in [0.1, 0.15) is 0 Å². The highest BCUT2D eigenvalue weighted by Gasteiger charge is 2.14. The minimum atomic E-state index is 0.461. The summed E-state index contributed by atoms with van der Waals surface area (Å²) in [6, 6.07) is 3.74. The number of hydrogen-bond donors (Lipinski definition) is 1. The number of nitrogens with one attached hydrogen (secondary N) is 1. The van der Waals surface area contributed by atoms with Crippen molar-refractivity contribution in [3.05, 3.63) is 24.5 Å². The summed E-state index contributed by atoms with van der Waals surface area (Å²) >= 11 is 0. The number of methoxy groups -OCH3 is 2. The van der Waals surface area contributed by atoms with Crippen LogP contribution in [-0.2, 0) is 0 Å². The molecule has 1 N–H and O–H groups in total. The topological polar surface area (TPSA) is 72.4 Å². The van der Waals surface area contributed by atoms with E-state index in [0.29, 0.717) is 11.6 Å². The van der Waals surface area contributed by atoms with Crippen molar-refractivity contribution in [2.24, 2.45) is 0 Å². The fraction of sp³-hybridized carbons (Fsp3) is 0.400. The van der Waals surface area contributed by atoms with Gasteiger partial charge in [0, 0.05) is 44.1 Å². The fourth-order valence-electron chi connectivity index (χ4n) is 2.40. The van der Waals surface area contributed by atoms with Crippen molar-refractivity contribution in [2.75, 3.05) is 45.3 Å². The van der Waals surface area contributed by atoms with Gasteiger partial charge >= 0.3 is 0 Å². The maximum absolute atomic E-state index is 5.30. The Morgan fingerprint density at radius 1 is 1.14 bits per heavy atom. The molecule has 0 spiro atoms. The molecule has 22 heavy (non-hydrogen) atoms. The van der Waals surface area contributed by atoms with Crippen molar-refractivity contribution in [3.8, 4) is 22.9 Å². The van der Waals surface area contributed by atoms with Crippen LogP contribution in [0.2, 0.25) is 0 Å². The van der Waals surface area contributed by atoms with Gasteiger partial charge in [-0.2, -0.15) is 0 Å². The summed E-state index contributed by atoms with van der Waals surface area (Å²) in [5.41, 5.74) is 1.69. The molecule has 2 aromatic rings. The predicted molar refractivity (Wildman–Crippen MR) is 83.4 cm³/mol. The standard InChI is InChI=1S/C15H19N5O2/c1-21-13-9-11(10-18-14(13)22-2)12-3-4-17-15(19-12)20-7-5-16-6-8-20/h3-4,9-10,16H,5-8H2,1-2H3. The first-order valence-electron chi connectivity index (χ1n) is 7.19. The van der Waals surface area contributed by atoms with Gasteiger partial charge < -0.3 is 19.7 Å². The van der Waals surface area contributed by atoms with Gasteiger partial charge in [-0.05, 0) is 12.1 Å². The largest absolute Gasteiger partial charge is 0.491 e. The molecule has 0 aliphatic carbocycles. The second-order valence-electron chi connectivity index (χ2n) is 4.91. The number of nitrogens with zero attached hydrogens (tertiary/aromatic N) is 4. The van der Waals surface area contributed by atoms with E-state index in [4.69, 9.17) is 9.47 Å². The van der Waals surface area contributed by atoms with Crippen LogP contribution in [0.5, 0.6) is 11.6 Å². The van der Waals surface area contributed by atoms with Gasteiger partial charge in [0.15, 0.2) is 5.75 Å². The number of rotatable bonds is 4. The summed E-state index contributed by atoms with van der Waals surface area (Å²) in [5, 5.41) is 3.32. The van der Waals surface area contributed by atoms with E-state index in [1.54, 1.807) is 26.6 Å². The van der Waals surface area contributed by atoms with Gasteiger partial charge in [0.2, 0.25) is 5.95 Å². The Hall–Kier alpha value is -2.41. The lowest BCUT2D eigenvalue weighted by Crippen LogP contribution is -2.44. The summed E-state index contributed by atoms with van der Waals surface area (Å²) in [4.78, 5) is 15.5. The van der Waals surface area contributed by atoms with E-state index in [-0.39, 0.29) is 0 Å². The van der Waals surface area contributed by atoms with Crippen LogP contribution in [0.25, 0.3) is 11.3 Å². The highest BCUT2D eigenvalue weighted by atomic mass is 16.5. The van der Waals surface area contributed by atoms with Gasteiger partial charge in [0.25, 0.3) is 5.88 Å². The third-order valence-electron chi connectivity index (χ3n) is 3.57. The Morgan fingerprint density at radius 2 is 1.95 bits per heavy atom. The third-order valence-corrected chi connectivity index (χ3v) is 3.57.